The predicted octanol–water partition coefficient (Wildman–Crippen LogP) is 8.50. The van der Waals surface area contributed by atoms with Gasteiger partial charge in [0.05, 0.1) is 31.4 Å². The fourth-order valence-corrected chi connectivity index (χ4v) is 5.63. The van der Waals surface area contributed by atoms with E-state index in [1.165, 1.54) is 11.8 Å². The molecule has 208 valence electrons. The zero-order valence-corrected chi connectivity index (χ0v) is 25.5. The quantitative estimate of drug-likeness (QED) is 0.170. The van der Waals surface area contributed by atoms with Crippen molar-refractivity contribution in [3.05, 3.63) is 122 Å². The maximum atomic E-state index is 13.7. The molecule has 4 aromatic rings. The fraction of sp³-hybridized carbons (Fsp3) is 0.125. The number of carbonyl (C=O) groups is 1. The van der Waals surface area contributed by atoms with E-state index in [-0.39, 0.29) is 5.91 Å². The molecule has 1 fully saturated rings. The average molecular weight is 650 g/mol. The number of rotatable bonds is 9. The second kappa shape index (κ2) is 13.3. The van der Waals surface area contributed by atoms with Crippen LogP contribution in [0.25, 0.3) is 6.08 Å². The summed E-state index contributed by atoms with van der Waals surface area (Å²) >= 11 is 11.0. The molecule has 0 saturated carbocycles. The van der Waals surface area contributed by atoms with Crippen LogP contribution in [0, 0.1) is 0 Å². The molecular weight excluding hydrogens is 624 g/mol. The van der Waals surface area contributed by atoms with Gasteiger partial charge in [-0.1, -0.05) is 70.0 Å². The first kappa shape index (κ1) is 28.8. The van der Waals surface area contributed by atoms with Crippen LogP contribution in [-0.4, -0.2) is 30.2 Å². The molecule has 0 aliphatic carbocycles. The Balaban J connectivity index is 1.43. The summed E-state index contributed by atoms with van der Waals surface area (Å²) in [7, 11) is 3.22. The summed E-state index contributed by atoms with van der Waals surface area (Å²) in [6.07, 6.45) is 1.84. The highest BCUT2D eigenvalue weighted by Crippen LogP contribution is 2.39. The maximum Gasteiger partial charge on any atom is 0.267 e. The molecule has 0 N–H and O–H groups in total. The summed E-state index contributed by atoms with van der Waals surface area (Å²) in [5.74, 6) is 1.76. The van der Waals surface area contributed by atoms with Gasteiger partial charge in [-0.2, -0.15) is 0 Å². The Morgan fingerprint density at radius 3 is 2.29 bits per heavy atom. The highest BCUT2D eigenvalue weighted by atomic mass is 79.9. The Hall–Kier alpha value is -3.72. The van der Waals surface area contributed by atoms with Gasteiger partial charge >= 0.3 is 0 Å². The Labute approximate surface area is 256 Å². The van der Waals surface area contributed by atoms with Crippen molar-refractivity contribution in [3.63, 3.8) is 0 Å². The number of halogens is 2. The van der Waals surface area contributed by atoms with E-state index in [2.05, 4.69) is 15.9 Å². The minimum Gasteiger partial charge on any atom is -0.497 e. The number of thioether (sulfide) groups is 1. The van der Waals surface area contributed by atoms with E-state index in [0.717, 1.165) is 32.6 Å². The van der Waals surface area contributed by atoms with Crippen molar-refractivity contribution < 1.29 is 19.0 Å². The molecule has 0 radical (unpaired) electrons. The number of hydrogen-bond donors (Lipinski definition) is 0. The molecule has 0 aromatic heterocycles. The standard InChI is InChI=1S/C32H26BrClN2O4S/c1-38-26-14-10-21(11-15-26)19-36-31(37)30(41-32(36)35-25-6-4-3-5-7-25)17-23-16-28(39-2)29(18-27(23)33)40-20-22-8-12-24(34)13-9-22/h3-18H,19-20H2,1-2H3/b30-17-,35-32?. The summed E-state index contributed by atoms with van der Waals surface area (Å²) in [4.78, 5) is 20.7. The number of carbonyl (C=O) groups excluding carboxylic acids is 1. The summed E-state index contributed by atoms with van der Waals surface area (Å²) in [5.41, 5.74) is 3.50. The van der Waals surface area contributed by atoms with Crippen molar-refractivity contribution in [3.8, 4) is 17.2 Å². The third kappa shape index (κ3) is 7.14. The number of amidine groups is 1. The maximum absolute atomic E-state index is 13.7. The van der Waals surface area contributed by atoms with Gasteiger partial charge < -0.3 is 14.2 Å². The number of aliphatic imine (C=N–C) groups is 1. The number of methoxy groups -OCH3 is 2. The van der Waals surface area contributed by atoms with E-state index in [1.54, 1.807) is 19.1 Å². The molecule has 6 nitrogen and oxygen atoms in total. The lowest BCUT2D eigenvalue weighted by Crippen LogP contribution is -2.28. The van der Waals surface area contributed by atoms with Gasteiger partial charge in [0, 0.05) is 9.50 Å². The first-order valence-corrected chi connectivity index (χ1v) is 14.6. The molecule has 1 aliphatic heterocycles. The van der Waals surface area contributed by atoms with Crippen LogP contribution in [-0.2, 0) is 17.9 Å². The number of para-hydroxylation sites is 1. The summed E-state index contributed by atoms with van der Waals surface area (Å²) in [5, 5.41) is 1.28. The van der Waals surface area contributed by atoms with Crippen molar-refractivity contribution in [1.29, 1.82) is 0 Å². The average Bonchev–Trinajstić information content (AvgIpc) is 3.27. The Morgan fingerprint density at radius 2 is 1.61 bits per heavy atom. The molecule has 0 spiro atoms. The number of amides is 1. The van der Waals surface area contributed by atoms with Gasteiger partial charge in [-0.15, -0.1) is 0 Å². The highest BCUT2D eigenvalue weighted by Gasteiger charge is 2.33. The normalized spacial score (nSPS) is 15.0. The SMILES string of the molecule is COc1ccc(CN2C(=O)/C(=C/c3cc(OC)c(OCc4ccc(Cl)cc4)cc3Br)SC2=Nc2ccccc2)cc1. The molecule has 4 aromatic carbocycles. The van der Waals surface area contributed by atoms with Crippen LogP contribution in [0.4, 0.5) is 5.69 Å². The van der Waals surface area contributed by atoms with Crippen LogP contribution >= 0.6 is 39.3 Å². The Morgan fingerprint density at radius 1 is 0.902 bits per heavy atom. The zero-order chi connectivity index (χ0) is 28.8. The van der Waals surface area contributed by atoms with Crippen LogP contribution in [0.5, 0.6) is 17.2 Å². The number of benzene rings is 4. The monoisotopic (exact) mass is 648 g/mol. The predicted molar refractivity (Wildman–Crippen MR) is 169 cm³/mol. The number of nitrogens with zero attached hydrogens (tertiary/aromatic N) is 2. The van der Waals surface area contributed by atoms with E-state index >= 15 is 0 Å². The van der Waals surface area contributed by atoms with Crippen molar-refractivity contribution in [1.82, 2.24) is 4.90 Å². The molecule has 41 heavy (non-hydrogen) atoms. The Kier molecular flexibility index (Phi) is 9.34. The molecule has 0 atom stereocenters. The second-order valence-corrected chi connectivity index (χ2v) is 11.3. The van der Waals surface area contributed by atoms with Gasteiger partial charge in [0.25, 0.3) is 5.91 Å². The van der Waals surface area contributed by atoms with Gasteiger partial charge in [0.1, 0.15) is 12.4 Å². The second-order valence-electron chi connectivity index (χ2n) is 9.02. The summed E-state index contributed by atoms with van der Waals surface area (Å²) in [6, 6.07) is 28.4. The summed E-state index contributed by atoms with van der Waals surface area (Å²) < 4.78 is 17.7. The molecule has 9 heteroatoms. The molecule has 1 aliphatic rings. The number of ether oxygens (including phenoxy) is 3. The molecule has 1 amide bonds. The van der Waals surface area contributed by atoms with Gasteiger partial charge in [-0.25, -0.2) is 4.99 Å². The molecule has 1 heterocycles. The Bertz CT molecular complexity index is 1590. The third-order valence-corrected chi connectivity index (χ3v) is 8.19. The van der Waals surface area contributed by atoms with E-state index in [1.807, 2.05) is 97.1 Å². The molecule has 1 saturated heterocycles. The van der Waals surface area contributed by atoms with E-state index < -0.39 is 0 Å². The first-order chi connectivity index (χ1) is 19.9. The van der Waals surface area contributed by atoms with Crippen LogP contribution in [0.1, 0.15) is 16.7 Å². The van der Waals surface area contributed by atoms with Gasteiger partial charge in [-0.05, 0) is 83.1 Å². The first-order valence-electron chi connectivity index (χ1n) is 12.7. The van der Waals surface area contributed by atoms with Gasteiger partial charge in [0.2, 0.25) is 0 Å². The lowest BCUT2D eigenvalue weighted by atomic mass is 10.1. The van der Waals surface area contributed by atoms with Crippen LogP contribution in [0.2, 0.25) is 5.02 Å². The largest absolute Gasteiger partial charge is 0.497 e. The van der Waals surface area contributed by atoms with Crippen molar-refractivity contribution in [2.45, 2.75) is 13.2 Å². The van der Waals surface area contributed by atoms with E-state index in [4.69, 9.17) is 30.8 Å². The van der Waals surface area contributed by atoms with Crippen LogP contribution in [0.15, 0.2) is 105 Å². The molecule has 0 unspecified atom stereocenters. The van der Waals surface area contributed by atoms with Crippen molar-refractivity contribution in [2.24, 2.45) is 4.99 Å². The minimum atomic E-state index is -0.130. The molecule has 0 bridgehead atoms. The van der Waals surface area contributed by atoms with E-state index in [9.17, 15) is 4.79 Å². The fourth-order valence-electron chi connectivity index (χ4n) is 4.07. The van der Waals surface area contributed by atoms with Crippen LogP contribution in [0.3, 0.4) is 0 Å². The third-order valence-electron chi connectivity index (χ3n) is 6.25. The van der Waals surface area contributed by atoms with E-state index in [0.29, 0.717) is 39.7 Å². The number of hydrogen-bond acceptors (Lipinski definition) is 6. The highest BCUT2D eigenvalue weighted by molar-refractivity contribution is 9.10. The summed E-state index contributed by atoms with van der Waals surface area (Å²) in [6.45, 7) is 0.731. The molecule has 5 rings (SSSR count). The topological polar surface area (TPSA) is 60.4 Å². The van der Waals surface area contributed by atoms with Crippen molar-refractivity contribution >= 4 is 62.1 Å². The smallest absolute Gasteiger partial charge is 0.267 e. The minimum absolute atomic E-state index is 0.130. The van der Waals surface area contributed by atoms with Gasteiger partial charge in [0.15, 0.2) is 16.7 Å². The lowest BCUT2D eigenvalue weighted by Gasteiger charge is -2.16. The van der Waals surface area contributed by atoms with Gasteiger partial charge in [-0.3, -0.25) is 9.69 Å². The lowest BCUT2D eigenvalue weighted by molar-refractivity contribution is -0.122. The van der Waals surface area contributed by atoms with Crippen molar-refractivity contribution in [2.75, 3.05) is 14.2 Å². The van der Waals surface area contributed by atoms with Crippen LogP contribution < -0.4 is 14.2 Å². The zero-order valence-electron chi connectivity index (χ0n) is 22.3. The molecular formula is C32H26BrClN2O4S.